The summed E-state index contributed by atoms with van der Waals surface area (Å²) in [6, 6.07) is 7.90. The van der Waals surface area contributed by atoms with E-state index < -0.39 is 15.9 Å². The molecule has 3 rings (SSSR count). The summed E-state index contributed by atoms with van der Waals surface area (Å²) in [6.07, 6.45) is 2.31. The van der Waals surface area contributed by atoms with Crippen LogP contribution in [0, 0.1) is 6.92 Å². The topological polar surface area (TPSA) is 103 Å². The second kappa shape index (κ2) is 7.84. The fraction of sp³-hybridized carbons (Fsp3) is 0.333. The van der Waals surface area contributed by atoms with Crippen LogP contribution in [0.3, 0.4) is 0 Å². The highest BCUT2D eigenvalue weighted by molar-refractivity contribution is 7.89. The van der Waals surface area contributed by atoms with E-state index in [2.05, 4.69) is 4.98 Å². The smallest absolute Gasteiger partial charge is 0.250 e. The summed E-state index contributed by atoms with van der Waals surface area (Å²) in [5, 5.41) is 0.508. The molecular weight excluding hydrogens is 390 g/mol. The minimum atomic E-state index is -3.57. The maximum atomic E-state index is 12.9. The van der Waals surface area contributed by atoms with Crippen LogP contribution in [-0.4, -0.2) is 42.8 Å². The van der Waals surface area contributed by atoms with Crippen molar-refractivity contribution in [3.8, 4) is 5.88 Å². The Bertz CT molecular complexity index is 940. The van der Waals surface area contributed by atoms with E-state index in [9.17, 15) is 13.2 Å². The van der Waals surface area contributed by atoms with E-state index in [1.165, 1.54) is 10.5 Å². The summed E-state index contributed by atoms with van der Waals surface area (Å²) >= 11 is 5.92. The van der Waals surface area contributed by atoms with E-state index in [-0.39, 0.29) is 11.0 Å². The summed E-state index contributed by atoms with van der Waals surface area (Å²) in [6.45, 7) is 2.44. The number of hydrogen-bond donors (Lipinski definition) is 1. The first kappa shape index (κ1) is 19.6. The first-order valence-corrected chi connectivity index (χ1v) is 10.3. The van der Waals surface area contributed by atoms with Crippen LogP contribution < -0.4 is 10.5 Å². The lowest BCUT2D eigenvalue weighted by molar-refractivity contribution is 0.0999. The maximum Gasteiger partial charge on any atom is 0.250 e. The van der Waals surface area contributed by atoms with Crippen LogP contribution in [0.15, 0.2) is 41.4 Å². The van der Waals surface area contributed by atoms with Gasteiger partial charge in [0.15, 0.2) is 0 Å². The van der Waals surface area contributed by atoms with Gasteiger partial charge in [0.05, 0.1) is 10.5 Å². The second-order valence-electron chi connectivity index (χ2n) is 6.38. The summed E-state index contributed by atoms with van der Waals surface area (Å²) in [7, 11) is -3.57. The highest BCUT2D eigenvalue weighted by atomic mass is 35.5. The maximum absolute atomic E-state index is 12.9. The van der Waals surface area contributed by atoms with Crippen molar-refractivity contribution in [2.24, 2.45) is 5.73 Å². The van der Waals surface area contributed by atoms with Crippen molar-refractivity contribution in [2.75, 3.05) is 13.1 Å². The quantitative estimate of drug-likeness (QED) is 0.816. The van der Waals surface area contributed by atoms with E-state index in [1.54, 1.807) is 37.3 Å². The summed E-state index contributed by atoms with van der Waals surface area (Å²) in [5.41, 5.74) is 6.11. The van der Waals surface area contributed by atoms with Crippen LogP contribution in [0.2, 0.25) is 5.02 Å². The predicted octanol–water partition coefficient (Wildman–Crippen LogP) is 2.37. The van der Waals surface area contributed by atoms with E-state index in [0.717, 1.165) is 0 Å². The Morgan fingerprint density at radius 2 is 1.96 bits per heavy atom. The highest BCUT2D eigenvalue weighted by Gasteiger charge is 2.31. The minimum Gasteiger partial charge on any atom is -0.474 e. The number of benzene rings is 1. The Hall–Kier alpha value is -2.16. The van der Waals surface area contributed by atoms with Gasteiger partial charge in [-0.1, -0.05) is 11.6 Å². The number of aryl methyl sites for hydroxylation is 1. The molecule has 1 saturated heterocycles. The van der Waals surface area contributed by atoms with E-state index in [4.69, 9.17) is 22.1 Å². The second-order valence-corrected chi connectivity index (χ2v) is 8.72. The zero-order chi connectivity index (χ0) is 19.6. The van der Waals surface area contributed by atoms with Gasteiger partial charge in [-0.2, -0.15) is 4.31 Å². The van der Waals surface area contributed by atoms with Gasteiger partial charge in [0.2, 0.25) is 21.8 Å². The molecule has 144 valence electrons. The fourth-order valence-corrected chi connectivity index (χ4v) is 4.90. The molecule has 9 heteroatoms. The number of nitrogens with two attached hydrogens (primary N) is 1. The number of sulfonamides is 1. The van der Waals surface area contributed by atoms with E-state index in [0.29, 0.717) is 48.0 Å². The summed E-state index contributed by atoms with van der Waals surface area (Å²) < 4.78 is 33.0. The van der Waals surface area contributed by atoms with E-state index >= 15 is 0 Å². The Balaban J connectivity index is 1.63. The van der Waals surface area contributed by atoms with E-state index in [1.807, 2.05) is 0 Å². The van der Waals surface area contributed by atoms with Gasteiger partial charge < -0.3 is 10.5 Å². The Morgan fingerprint density at radius 3 is 2.52 bits per heavy atom. The molecule has 1 aliphatic rings. The van der Waals surface area contributed by atoms with Gasteiger partial charge in [-0.15, -0.1) is 0 Å². The first-order valence-electron chi connectivity index (χ1n) is 8.46. The van der Waals surface area contributed by atoms with Crippen molar-refractivity contribution in [1.29, 1.82) is 0 Å². The molecule has 0 bridgehead atoms. The third-order valence-corrected chi connectivity index (χ3v) is 6.76. The molecule has 2 heterocycles. The molecule has 1 aromatic heterocycles. The number of piperidine rings is 1. The number of carbonyl (C=O) groups excluding carboxylic acids is 1. The fourth-order valence-electron chi connectivity index (χ4n) is 3.00. The third-order valence-electron chi connectivity index (χ3n) is 4.46. The molecule has 2 N–H and O–H groups in total. The number of pyridine rings is 1. The van der Waals surface area contributed by atoms with Gasteiger partial charge in [0.25, 0.3) is 0 Å². The number of rotatable bonds is 5. The largest absolute Gasteiger partial charge is 0.474 e. The number of hydrogen-bond acceptors (Lipinski definition) is 5. The molecule has 7 nitrogen and oxygen atoms in total. The predicted molar refractivity (Wildman–Crippen MR) is 101 cm³/mol. The molecule has 1 amide bonds. The van der Waals surface area contributed by atoms with Gasteiger partial charge >= 0.3 is 0 Å². The number of amides is 1. The summed E-state index contributed by atoms with van der Waals surface area (Å²) in [4.78, 5) is 15.4. The number of ether oxygens (including phenoxy) is 1. The normalized spacial score (nSPS) is 16.2. The van der Waals surface area contributed by atoms with Crippen molar-refractivity contribution in [3.63, 3.8) is 0 Å². The molecule has 1 fully saturated rings. The molecular formula is C18H20ClN3O4S. The average Bonchev–Trinajstić information content (AvgIpc) is 2.62. The monoisotopic (exact) mass is 409 g/mol. The van der Waals surface area contributed by atoms with Gasteiger partial charge in [-0.25, -0.2) is 13.4 Å². The first-order chi connectivity index (χ1) is 12.8. The van der Waals surface area contributed by atoms with Gasteiger partial charge in [-0.3, -0.25) is 4.79 Å². The van der Waals surface area contributed by atoms with Crippen LogP contribution in [0.5, 0.6) is 5.88 Å². The number of primary amides is 1. The average molecular weight is 410 g/mol. The number of nitrogens with zero attached hydrogens (tertiary/aromatic N) is 2. The third kappa shape index (κ3) is 4.40. The molecule has 1 aliphatic heterocycles. The zero-order valence-corrected chi connectivity index (χ0v) is 16.3. The molecule has 1 aromatic carbocycles. The van der Waals surface area contributed by atoms with Crippen LogP contribution in [0.4, 0.5) is 0 Å². The highest BCUT2D eigenvalue weighted by Crippen LogP contribution is 2.26. The van der Waals surface area contributed by atoms with Crippen LogP contribution in [0.1, 0.15) is 28.8 Å². The lowest BCUT2D eigenvalue weighted by Gasteiger charge is -2.31. The SMILES string of the molecule is Cc1cc(Cl)ccc1S(=O)(=O)N1CCC(Oc2ccc(C(N)=O)cn2)CC1. The zero-order valence-electron chi connectivity index (χ0n) is 14.8. The molecule has 0 unspecified atom stereocenters. The Kier molecular flexibility index (Phi) is 5.69. The molecule has 27 heavy (non-hydrogen) atoms. The number of aromatic nitrogens is 1. The Morgan fingerprint density at radius 1 is 1.26 bits per heavy atom. The molecule has 0 radical (unpaired) electrons. The van der Waals surface area contributed by atoms with Crippen LogP contribution in [-0.2, 0) is 10.0 Å². The Labute approximate surface area is 163 Å². The van der Waals surface area contributed by atoms with Crippen molar-refractivity contribution < 1.29 is 17.9 Å². The molecule has 0 atom stereocenters. The lowest BCUT2D eigenvalue weighted by Crippen LogP contribution is -2.42. The van der Waals surface area contributed by atoms with Crippen molar-refractivity contribution >= 4 is 27.5 Å². The number of halogens is 1. The molecule has 0 saturated carbocycles. The van der Waals surface area contributed by atoms with Gasteiger partial charge in [-0.05, 0) is 49.6 Å². The summed E-state index contributed by atoms with van der Waals surface area (Å²) in [5.74, 6) is -0.167. The van der Waals surface area contributed by atoms with Gasteiger partial charge in [0.1, 0.15) is 6.10 Å². The number of carbonyl (C=O) groups is 1. The minimum absolute atomic E-state index is 0.144. The van der Waals surface area contributed by atoms with Crippen molar-refractivity contribution in [1.82, 2.24) is 9.29 Å². The molecule has 0 aliphatic carbocycles. The lowest BCUT2D eigenvalue weighted by atomic mass is 10.1. The standard InChI is InChI=1S/C18H20ClN3O4S/c1-12-10-14(19)3-4-16(12)27(24,25)22-8-6-15(7-9-22)26-17-5-2-13(11-21-17)18(20)23/h2-5,10-11,15H,6-9H2,1H3,(H2,20,23). The van der Waals surface area contributed by atoms with Gasteiger partial charge in [0, 0.05) is 30.4 Å². The van der Waals surface area contributed by atoms with Crippen molar-refractivity contribution in [2.45, 2.75) is 30.8 Å². The molecule has 2 aromatic rings. The van der Waals surface area contributed by atoms with Crippen LogP contribution in [0.25, 0.3) is 0 Å². The van der Waals surface area contributed by atoms with Crippen molar-refractivity contribution in [3.05, 3.63) is 52.7 Å². The molecule has 0 spiro atoms. The van der Waals surface area contributed by atoms with Crippen LogP contribution >= 0.6 is 11.6 Å².